The molecule has 1 aromatic carbocycles. The van der Waals surface area contributed by atoms with Crippen LogP contribution in [0.25, 0.3) is 11.1 Å². The molecule has 3 aliphatic heterocycles. The van der Waals surface area contributed by atoms with E-state index in [1.54, 1.807) is 0 Å². The molecule has 5 rings (SSSR count). The number of nitrogens with zero attached hydrogens (tertiary/aromatic N) is 1. The van der Waals surface area contributed by atoms with Gasteiger partial charge in [-0.05, 0) is 48.9 Å². The molecule has 4 heterocycles. The number of carbonyl (C=O) groups is 1. The molecule has 1 amide bonds. The van der Waals surface area contributed by atoms with E-state index in [2.05, 4.69) is 10.3 Å². The molecular formula is C21H25N3O3. The van der Waals surface area contributed by atoms with Crippen molar-refractivity contribution in [1.29, 1.82) is 0 Å². The van der Waals surface area contributed by atoms with E-state index in [1.807, 2.05) is 35.5 Å². The van der Waals surface area contributed by atoms with E-state index in [0.717, 1.165) is 67.2 Å². The molecular weight excluding hydrogens is 342 g/mol. The largest absolute Gasteiger partial charge is 0.486 e. The maximum atomic E-state index is 13.2. The van der Waals surface area contributed by atoms with Gasteiger partial charge < -0.3 is 24.7 Å². The van der Waals surface area contributed by atoms with E-state index < -0.39 is 0 Å². The van der Waals surface area contributed by atoms with Crippen LogP contribution in [-0.2, 0) is 0 Å². The smallest absolute Gasteiger partial charge is 0.256 e. The molecule has 6 heteroatoms. The maximum absolute atomic E-state index is 13.2. The average Bonchev–Trinajstić information content (AvgIpc) is 3.38. The van der Waals surface area contributed by atoms with Crippen molar-refractivity contribution in [2.24, 2.45) is 5.41 Å². The van der Waals surface area contributed by atoms with Crippen LogP contribution in [-0.4, -0.2) is 55.2 Å². The molecule has 0 unspecified atom stereocenters. The predicted molar refractivity (Wildman–Crippen MR) is 102 cm³/mol. The summed E-state index contributed by atoms with van der Waals surface area (Å²) in [5.74, 6) is 1.62. The Morgan fingerprint density at radius 3 is 2.63 bits per heavy atom. The molecule has 0 atom stereocenters. The Morgan fingerprint density at radius 2 is 1.85 bits per heavy atom. The molecule has 142 valence electrons. The first-order valence-electron chi connectivity index (χ1n) is 9.81. The molecule has 6 nitrogen and oxygen atoms in total. The van der Waals surface area contributed by atoms with Gasteiger partial charge in [-0.3, -0.25) is 4.79 Å². The Hall–Kier alpha value is -2.47. The van der Waals surface area contributed by atoms with Gasteiger partial charge in [-0.15, -0.1) is 0 Å². The molecule has 2 fully saturated rings. The van der Waals surface area contributed by atoms with Gasteiger partial charge in [0.05, 0.1) is 5.56 Å². The number of piperidine rings is 1. The lowest BCUT2D eigenvalue weighted by atomic mass is 9.77. The summed E-state index contributed by atoms with van der Waals surface area (Å²) < 4.78 is 11.3. The second-order valence-electron chi connectivity index (χ2n) is 7.86. The Kier molecular flexibility index (Phi) is 4.08. The van der Waals surface area contributed by atoms with Crippen LogP contribution in [0, 0.1) is 5.41 Å². The van der Waals surface area contributed by atoms with Crippen molar-refractivity contribution in [1.82, 2.24) is 15.2 Å². The van der Waals surface area contributed by atoms with Gasteiger partial charge in [0.1, 0.15) is 13.2 Å². The number of amides is 1. The molecule has 2 aromatic rings. The highest BCUT2D eigenvalue weighted by atomic mass is 16.6. The lowest BCUT2D eigenvalue weighted by Crippen LogP contribution is -2.44. The quantitative estimate of drug-likeness (QED) is 0.856. The number of fused-ring (bicyclic) bond motifs is 1. The van der Waals surface area contributed by atoms with Crippen LogP contribution in [0.4, 0.5) is 0 Å². The summed E-state index contributed by atoms with van der Waals surface area (Å²) >= 11 is 0. The number of H-pyrrole nitrogens is 1. The minimum absolute atomic E-state index is 0.113. The highest BCUT2D eigenvalue weighted by Crippen LogP contribution is 2.39. The summed E-state index contributed by atoms with van der Waals surface area (Å²) in [6.07, 6.45) is 7.13. The van der Waals surface area contributed by atoms with E-state index >= 15 is 0 Å². The number of benzene rings is 1. The first kappa shape index (κ1) is 16.7. The van der Waals surface area contributed by atoms with Gasteiger partial charge in [0.15, 0.2) is 11.5 Å². The van der Waals surface area contributed by atoms with Gasteiger partial charge in [-0.2, -0.15) is 0 Å². The number of aromatic nitrogens is 1. The van der Waals surface area contributed by atoms with Crippen molar-refractivity contribution in [3.63, 3.8) is 0 Å². The van der Waals surface area contributed by atoms with Gasteiger partial charge in [0.2, 0.25) is 0 Å². The number of aromatic amines is 1. The van der Waals surface area contributed by atoms with Crippen molar-refractivity contribution in [3.8, 4) is 22.6 Å². The first-order valence-corrected chi connectivity index (χ1v) is 9.81. The summed E-state index contributed by atoms with van der Waals surface area (Å²) in [7, 11) is 0. The second kappa shape index (κ2) is 6.60. The molecule has 0 saturated carbocycles. The van der Waals surface area contributed by atoms with Gasteiger partial charge in [-0.1, -0.05) is 6.07 Å². The topological polar surface area (TPSA) is 66.6 Å². The van der Waals surface area contributed by atoms with Crippen molar-refractivity contribution in [2.75, 3.05) is 39.4 Å². The van der Waals surface area contributed by atoms with Crippen molar-refractivity contribution in [3.05, 3.63) is 36.2 Å². The Balaban J connectivity index is 1.36. The van der Waals surface area contributed by atoms with Crippen LogP contribution in [0.3, 0.4) is 0 Å². The molecule has 3 aliphatic rings. The van der Waals surface area contributed by atoms with Crippen LogP contribution in [0.1, 0.15) is 29.6 Å². The third kappa shape index (κ3) is 2.98. The summed E-state index contributed by atoms with van der Waals surface area (Å²) in [4.78, 5) is 18.3. The fraction of sp³-hybridized carbons (Fsp3) is 0.476. The summed E-state index contributed by atoms with van der Waals surface area (Å²) in [5, 5.41) is 3.48. The van der Waals surface area contributed by atoms with E-state index in [1.165, 1.54) is 6.42 Å². The highest BCUT2D eigenvalue weighted by Gasteiger charge is 2.38. The van der Waals surface area contributed by atoms with Gasteiger partial charge in [0, 0.05) is 37.6 Å². The SMILES string of the molecule is O=C(c1c[nH]cc1-c1ccc2c(c1)OCCO2)N1CCC2(CCNC2)CC1. The van der Waals surface area contributed by atoms with Gasteiger partial charge >= 0.3 is 0 Å². The summed E-state index contributed by atoms with van der Waals surface area (Å²) in [5.41, 5.74) is 3.03. The fourth-order valence-electron chi connectivity index (χ4n) is 4.57. The lowest BCUT2D eigenvalue weighted by molar-refractivity contribution is 0.0608. The minimum atomic E-state index is 0.113. The zero-order chi connectivity index (χ0) is 18.3. The van der Waals surface area contributed by atoms with Crippen LogP contribution in [0.2, 0.25) is 0 Å². The molecule has 1 spiro atoms. The molecule has 2 N–H and O–H groups in total. The van der Waals surface area contributed by atoms with Gasteiger partial charge in [0.25, 0.3) is 5.91 Å². The zero-order valence-corrected chi connectivity index (χ0v) is 15.4. The second-order valence-corrected chi connectivity index (χ2v) is 7.86. The van der Waals surface area contributed by atoms with Crippen molar-refractivity contribution >= 4 is 5.91 Å². The van der Waals surface area contributed by atoms with E-state index in [0.29, 0.717) is 18.6 Å². The Labute approximate surface area is 158 Å². The molecule has 0 bridgehead atoms. The number of hydrogen-bond donors (Lipinski definition) is 2. The molecule has 2 saturated heterocycles. The third-order valence-electron chi connectivity index (χ3n) is 6.27. The normalized spacial score (nSPS) is 20.8. The summed E-state index contributed by atoms with van der Waals surface area (Å²) in [6.45, 7) is 5.02. The maximum Gasteiger partial charge on any atom is 0.256 e. The molecule has 27 heavy (non-hydrogen) atoms. The zero-order valence-electron chi connectivity index (χ0n) is 15.4. The first-order chi connectivity index (χ1) is 13.2. The number of nitrogens with one attached hydrogen (secondary N) is 2. The fourth-order valence-corrected chi connectivity index (χ4v) is 4.57. The van der Waals surface area contributed by atoms with Crippen LogP contribution < -0.4 is 14.8 Å². The molecule has 1 aromatic heterocycles. The number of rotatable bonds is 2. The molecule has 0 aliphatic carbocycles. The van der Waals surface area contributed by atoms with E-state index in [4.69, 9.17) is 9.47 Å². The highest BCUT2D eigenvalue weighted by molar-refractivity contribution is 6.01. The number of hydrogen-bond acceptors (Lipinski definition) is 4. The monoisotopic (exact) mass is 367 g/mol. The lowest BCUT2D eigenvalue weighted by Gasteiger charge is -2.38. The van der Waals surface area contributed by atoms with Crippen LogP contribution >= 0.6 is 0 Å². The number of likely N-dealkylation sites (tertiary alicyclic amines) is 1. The summed E-state index contributed by atoms with van der Waals surface area (Å²) in [6, 6.07) is 5.87. The van der Waals surface area contributed by atoms with Gasteiger partial charge in [-0.25, -0.2) is 0 Å². The average molecular weight is 367 g/mol. The van der Waals surface area contributed by atoms with Crippen LogP contribution in [0.15, 0.2) is 30.6 Å². The number of ether oxygens (including phenoxy) is 2. The molecule has 0 radical (unpaired) electrons. The number of carbonyl (C=O) groups excluding carboxylic acids is 1. The minimum Gasteiger partial charge on any atom is -0.486 e. The standard InChI is InChI=1S/C21H25N3O3/c25-20(24-7-4-21(5-8-24)3-6-22-14-21)17-13-23-12-16(17)15-1-2-18-19(11-15)27-10-9-26-18/h1-2,11-13,22-23H,3-10,14H2. The Bertz CT molecular complexity index is 844. The Morgan fingerprint density at radius 1 is 1.04 bits per heavy atom. The van der Waals surface area contributed by atoms with Crippen molar-refractivity contribution in [2.45, 2.75) is 19.3 Å². The van der Waals surface area contributed by atoms with E-state index in [-0.39, 0.29) is 5.91 Å². The van der Waals surface area contributed by atoms with Crippen molar-refractivity contribution < 1.29 is 14.3 Å². The third-order valence-corrected chi connectivity index (χ3v) is 6.27. The predicted octanol–water partition coefficient (Wildman–Crippen LogP) is 2.67. The van der Waals surface area contributed by atoms with Crippen LogP contribution in [0.5, 0.6) is 11.5 Å². The van der Waals surface area contributed by atoms with E-state index in [9.17, 15) is 4.79 Å².